The summed E-state index contributed by atoms with van der Waals surface area (Å²) in [5.41, 5.74) is 1.22. The number of fused-ring (bicyclic) bond motifs is 2. The summed E-state index contributed by atoms with van der Waals surface area (Å²) in [6.45, 7) is 0.243. The summed E-state index contributed by atoms with van der Waals surface area (Å²) >= 11 is 12.1. The fourth-order valence-corrected chi connectivity index (χ4v) is 4.26. The Morgan fingerprint density at radius 1 is 1.26 bits per heavy atom. The minimum absolute atomic E-state index is 0.243. The van der Waals surface area contributed by atoms with Crippen molar-refractivity contribution in [3.63, 3.8) is 0 Å². The van der Waals surface area contributed by atoms with E-state index in [4.69, 9.17) is 23.2 Å². The number of aliphatic hydroxyl groups excluding tert-OH is 1. The Bertz CT molecular complexity index is 479. The third-order valence-electron chi connectivity index (χ3n) is 5.01. The lowest BCUT2D eigenvalue weighted by Crippen LogP contribution is -2.47. The molecule has 2 aliphatic heterocycles. The second-order valence-electron chi connectivity index (χ2n) is 5.83. The highest BCUT2D eigenvalue weighted by atomic mass is 35.5. The van der Waals surface area contributed by atoms with E-state index in [1.54, 1.807) is 0 Å². The zero-order chi connectivity index (χ0) is 13.6. The van der Waals surface area contributed by atoms with Gasteiger partial charge in [0.2, 0.25) is 0 Å². The molecule has 0 radical (unpaired) electrons. The van der Waals surface area contributed by atoms with Crippen LogP contribution in [0.3, 0.4) is 0 Å². The predicted octanol–water partition coefficient (Wildman–Crippen LogP) is 3.55. The lowest BCUT2D eigenvalue weighted by molar-refractivity contribution is 0.0592. The van der Waals surface area contributed by atoms with E-state index >= 15 is 0 Å². The topological polar surface area (TPSA) is 23.5 Å². The van der Waals surface area contributed by atoms with Crippen LogP contribution in [0.1, 0.15) is 30.7 Å². The quantitative estimate of drug-likeness (QED) is 0.903. The van der Waals surface area contributed by atoms with Crippen LogP contribution < -0.4 is 0 Å². The van der Waals surface area contributed by atoms with E-state index in [9.17, 15) is 5.11 Å². The van der Waals surface area contributed by atoms with Gasteiger partial charge < -0.3 is 10.0 Å². The first-order chi connectivity index (χ1) is 9.11. The molecule has 3 rings (SSSR count). The molecule has 0 amide bonds. The van der Waals surface area contributed by atoms with Gasteiger partial charge in [-0.25, -0.2) is 0 Å². The van der Waals surface area contributed by atoms with Gasteiger partial charge in [-0.1, -0.05) is 29.3 Å². The highest BCUT2D eigenvalue weighted by molar-refractivity contribution is 6.42. The molecule has 0 aromatic heterocycles. The largest absolute Gasteiger partial charge is 0.396 e. The Morgan fingerprint density at radius 2 is 2.05 bits per heavy atom. The maximum atomic E-state index is 9.80. The molecule has 104 valence electrons. The van der Waals surface area contributed by atoms with Gasteiger partial charge in [-0.2, -0.15) is 0 Å². The van der Waals surface area contributed by atoms with E-state index in [2.05, 4.69) is 18.0 Å². The monoisotopic (exact) mass is 299 g/mol. The summed E-state index contributed by atoms with van der Waals surface area (Å²) < 4.78 is 0. The second kappa shape index (κ2) is 5.25. The fourth-order valence-electron chi connectivity index (χ4n) is 3.95. The molecule has 0 spiro atoms. The Labute approximate surface area is 124 Å². The summed E-state index contributed by atoms with van der Waals surface area (Å²) in [5.74, 6) is 0.703. The second-order valence-corrected chi connectivity index (χ2v) is 6.64. The number of piperidine rings is 1. The van der Waals surface area contributed by atoms with Gasteiger partial charge in [0.1, 0.15) is 0 Å². The van der Waals surface area contributed by atoms with Crippen molar-refractivity contribution < 1.29 is 5.11 Å². The van der Waals surface area contributed by atoms with Gasteiger partial charge in [0.15, 0.2) is 0 Å². The number of hydrogen-bond acceptors (Lipinski definition) is 2. The molecule has 0 saturated carbocycles. The van der Waals surface area contributed by atoms with Crippen molar-refractivity contribution in [1.82, 2.24) is 4.90 Å². The van der Waals surface area contributed by atoms with Crippen molar-refractivity contribution in [2.45, 2.75) is 37.3 Å². The standard InChI is InChI=1S/C15H19Cl2NO/c1-18-10-3-5-15(18)12(8-19)11(7-10)9-2-4-13(16)14(17)6-9/h2,4,6,10-12,15,19H,3,5,7-8H2,1H3/t10-,11-,12-,15+/m0/s1. The molecule has 1 aromatic rings. The molecular weight excluding hydrogens is 281 g/mol. The van der Waals surface area contributed by atoms with Crippen molar-refractivity contribution in [2.24, 2.45) is 5.92 Å². The lowest BCUT2D eigenvalue weighted by Gasteiger charge is -2.42. The van der Waals surface area contributed by atoms with Crippen LogP contribution in [-0.4, -0.2) is 35.7 Å². The number of halogens is 2. The molecular formula is C15H19Cl2NO. The highest BCUT2D eigenvalue weighted by Gasteiger charge is 2.45. The van der Waals surface area contributed by atoms with E-state index in [1.807, 2.05) is 12.1 Å². The molecule has 2 heterocycles. The zero-order valence-electron chi connectivity index (χ0n) is 11.0. The van der Waals surface area contributed by atoms with Gasteiger partial charge in [-0.3, -0.25) is 0 Å². The molecule has 2 fully saturated rings. The first-order valence-electron chi connectivity index (χ1n) is 6.89. The van der Waals surface area contributed by atoms with Gasteiger partial charge in [0.05, 0.1) is 10.0 Å². The summed E-state index contributed by atoms with van der Waals surface area (Å²) in [5, 5.41) is 11.0. The Kier molecular flexibility index (Phi) is 3.78. The first-order valence-corrected chi connectivity index (χ1v) is 7.65. The van der Waals surface area contributed by atoms with E-state index < -0.39 is 0 Å². The smallest absolute Gasteiger partial charge is 0.0595 e. The number of aliphatic hydroxyl groups is 1. The predicted molar refractivity (Wildman–Crippen MR) is 79.0 cm³/mol. The van der Waals surface area contributed by atoms with Crippen molar-refractivity contribution in [3.8, 4) is 0 Å². The molecule has 4 atom stereocenters. The first kappa shape index (κ1) is 13.7. The van der Waals surface area contributed by atoms with Crippen LogP contribution in [0.5, 0.6) is 0 Å². The molecule has 2 aliphatic rings. The maximum Gasteiger partial charge on any atom is 0.0595 e. The summed E-state index contributed by atoms with van der Waals surface area (Å²) in [4.78, 5) is 2.45. The van der Waals surface area contributed by atoms with E-state index in [0.717, 1.165) is 6.42 Å². The van der Waals surface area contributed by atoms with Gasteiger partial charge in [-0.05, 0) is 49.9 Å². The van der Waals surface area contributed by atoms with Crippen molar-refractivity contribution in [3.05, 3.63) is 33.8 Å². The molecule has 1 N–H and O–H groups in total. The van der Waals surface area contributed by atoms with Gasteiger partial charge in [0.25, 0.3) is 0 Å². The normalized spacial score (nSPS) is 34.7. The maximum absolute atomic E-state index is 9.80. The summed E-state index contributed by atoms with van der Waals surface area (Å²) in [7, 11) is 2.19. The molecule has 0 unspecified atom stereocenters. The molecule has 2 bridgehead atoms. The van der Waals surface area contributed by atoms with E-state index in [0.29, 0.717) is 34.0 Å². The SMILES string of the molecule is CN1[C@H]2CC[C@@H]1[C@@H](CO)[C@H](c1ccc(Cl)c(Cl)c1)C2. The number of rotatable bonds is 2. The molecule has 1 aromatic carbocycles. The van der Waals surface area contributed by atoms with Crippen LogP contribution >= 0.6 is 23.2 Å². The summed E-state index contributed by atoms with van der Waals surface area (Å²) in [6.07, 6.45) is 3.55. The van der Waals surface area contributed by atoms with E-state index in [-0.39, 0.29) is 6.61 Å². The fraction of sp³-hybridized carbons (Fsp3) is 0.600. The highest BCUT2D eigenvalue weighted by Crippen LogP contribution is 2.46. The molecule has 2 nitrogen and oxygen atoms in total. The summed E-state index contributed by atoms with van der Waals surface area (Å²) in [6, 6.07) is 7.05. The van der Waals surface area contributed by atoms with Gasteiger partial charge >= 0.3 is 0 Å². The van der Waals surface area contributed by atoms with Crippen LogP contribution in [0.2, 0.25) is 10.0 Å². The van der Waals surface area contributed by atoms with Gasteiger partial charge in [0, 0.05) is 24.6 Å². The zero-order valence-corrected chi connectivity index (χ0v) is 12.5. The van der Waals surface area contributed by atoms with Crippen LogP contribution in [-0.2, 0) is 0 Å². The number of benzene rings is 1. The van der Waals surface area contributed by atoms with Crippen LogP contribution in [0.15, 0.2) is 18.2 Å². The molecule has 4 heteroatoms. The molecule has 0 aliphatic carbocycles. The van der Waals surface area contributed by atoms with Gasteiger partial charge in [-0.15, -0.1) is 0 Å². The molecule has 2 saturated heterocycles. The Balaban J connectivity index is 1.93. The Hall–Kier alpha value is -0.280. The van der Waals surface area contributed by atoms with Crippen LogP contribution in [0.4, 0.5) is 0 Å². The third-order valence-corrected chi connectivity index (χ3v) is 5.75. The third kappa shape index (κ3) is 2.29. The average molecular weight is 300 g/mol. The lowest BCUT2D eigenvalue weighted by atomic mass is 9.76. The number of nitrogens with zero attached hydrogens (tertiary/aromatic N) is 1. The van der Waals surface area contributed by atoms with E-state index in [1.165, 1.54) is 18.4 Å². The van der Waals surface area contributed by atoms with Crippen LogP contribution in [0.25, 0.3) is 0 Å². The average Bonchev–Trinajstić information content (AvgIpc) is 2.65. The Morgan fingerprint density at radius 3 is 2.74 bits per heavy atom. The van der Waals surface area contributed by atoms with Crippen molar-refractivity contribution in [1.29, 1.82) is 0 Å². The minimum Gasteiger partial charge on any atom is -0.396 e. The minimum atomic E-state index is 0.243. The van der Waals surface area contributed by atoms with Crippen molar-refractivity contribution >= 4 is 23.2 Å². The number of hydrogen-bond donors (Lipinski definition) is 1. The van der Waals surface area contributed by atoms with Crippen LogP contribution in [0, 0.1) is 5.92 Å². The molecule has 19 heavy (non-hydrogen) atoms. The van der Waals surface area contributed by atoms with Crippen molar-refractivity contribution in [2.75, 3.05) is 13.7 Å².